The van der Waals surface area contributed by atoms with Gasteiger partial charge in [-0.25, -0.2) is 9.59 Å². The van der Waals surface area contributed by atoms with Crippen LogP contribution in [0.25, 0.3) is 0 Å². The van der Waals surface area contributed by atoms with E-state index in [9.17, 15) is 14.4 Å². The third-order valence-corrected chi connectivity index (χ3v) is 4.95. The fraction of sp³-hybridized carbons (Fsp3) is 0.318. The summed E-state index contributed by atoms with van der Waals surface area (Å²) >= 11 is 0. The zero-order valence-electron chi connectivity index (χ0n) is 16.4. The van der Waals surface area contributed by atoms with Gasteiger partial charge in [0.05, 0.1) is 11.6 Å². The number of nitrogens with one attached hydrogen (secondary N) is 2. The van der Waals surface area contributed by atoms with Crippen molar-refractivity contribution in [2.75, 3.05) is 11.9 Å². The number of urea groups is 1. The van der Waals surface area contributed by atoms with Gasteiger partial charge < -0.3 is 21.1 Å². The molecule has 0 bridgehead atoms. The Morgan fingerprint density at radius 3 is 2.59 bits per heavy atom. The molecule has 1 unspecified atom stereocenters. The summed E-state index contributed by atoms with van der Waals surface area (Å²) in [7, 11) is 0. The molecule has 2 aromatic carbocycles. The molecule has 4 N–H and O–H groups in total. The second-order valence-electron chi connectivity index (χ2n) is 7.17. The minimum absolute atomic E-state index is 0.184. The van der Waals surface area contributed by atoms with Crippen LogP contribution < -0.4 is 16.4 Å². The monoisotopic (exact) mass is 395 g/mol. The zero-order valence-corrected chi connectivity index (χ0v) is 16.4. The van der Waals surface area contributed by atoms with E-state index in [4.69, 9.17) is 10.5 Å². The number of hydrogen-bond acceptors (Lipinski definition) is 4. The quantitative estimate of drug-likeness (QED) is 0.653. The molecule has 3 rings (SSSR count). The number of fused-ring (bicyclic) bond motifs is 1. The maximum Gasteiger partial charge on any atom is 0.338 e. The molecule has 0 saturated carbocycles. The molecule has 0 radical (unpaired) electrons. The highest BCUT2D eigenvalue weighted by molar-refractivity contribution is 5.94. The van der Waals surface area contributed by atoms with Gasteiger partial charge in [0.1, 0.15) is 0 Å². The van der Waals surface area contributed by atoms with Crippen molar-refractivity contribution in [1.82, 2.24) is 5.32 Å². The van der Waals surface area contributed by atoms with Crippen LogP contribution in [0.4, 0.5) is 10.5 Å². The first-order chi connectivity index (χ1) is 13.9. The smallest absolute Gasteiger partial charge is 0.338 e. The van der Waals surface area contributed by atoms with Crippen molar-refractivity contribution in [3.8, 4) is 0 Å². The number of ether oxygens (including phenoxy) is 1. The van der Waals surface area contributed by atoms with Crippen molar-refractivity contribution in [3.63, 3.8) is 0 Å². The number of amides is 3. The number of carbonyl (C=O) groups is 3. The van der Waals surface area contributed by atoms with E-state index in [1.807, 2.05) is 13.0 Å². The van der Waals surface area contributed by atoms with Crippen LogP contribution in [0, 0.1) is 0 Å². The summed E-state index contributed by atoms with van der Waals surface area (Å²) in [6.07, 6.45) is 4.61. The van der Waals surface area contributed by atoms with Gasteiger partial charge in [-0.15, -0.1) is 0 Å². The molecule has 29 heavy (non-hydrogen) atoms. The maximum atomic E-state index is 12.2. The van der Waals surface area contributed by atoms with E-state index >= 15 is 0 Å². The van der Waals surface area contributed by atoms with Crippen molar-refractivity contribution in [1.29, 1.82) is 0 Å². The minimum atomic E-state index is -0.730. The first-order valence-electron chi connectivity index (χ1n) is 9.67. The standard InChI is InChI=1S/C22H25N3O4/c1-14(16-10-9-15-5-2-3-6-17(15)11-16)24-20(26)13-29-21(27)18-7-4-8-19(12-18)25-22(23)28/h4,7-12,14H,2-3,5-6,13H2,1H3,(H,24,26)(H3,23,25,28). The molecule has 0 spiro atoms. The fourth-order valence-electron chi connectivity index (χ4n) is 3.47. The Kier molecular flexibility index (Phi) is 6.49. The molecule has 1 aliphatic carbocycles. The average Bonchev–Trinajstić information content (AvgIpc) is 2.71. The van der Waals surface area contributed by atoms with Crippen LogP contribution in [0.1, 0.15) is 52.9 Å². The lowest BCUT2D eigenvalue weighted by Gasteiger charge is -2.20. The van der Waals surface area contributed by atoms with E-state index < -0.39 is 12.0 Å². The van der Waals surface area contributed by atoms with Crippen molar-refractivity contribution < 1.29 is 19.1 Å². The summed E-state index contributed by atoms with van der Waals surface area (Å²) in [5, 5.41) is 5.24. The third-order valence-electron chi connectivity index (χ3n) is 4.95. The van der Waals surface area contributed by atoms with E-state index in [2.05, 4.69) is 22.8 Å². The van der Waals surface area contributed by atoms with Crippen LogP contribution in [-0.2, 0) is 22.4 Å². The van der Waals surface area contributed by atoms with Crippen molar-refractivity contribution >= 4 is 23.6 Å². The number of carbonyl (C=O) groups excluding carboxylic acids is 3. The van der Waals surface area contributed by atoms with Gasteiger partial charge in [0.15, 0.2) is 6.61 Å². The number of benzene rings is 2. The molecular formula is C22H25N3O4. The number of primary amides is 1. The molecule has 2 aromatic rings. The molecule has 0 fully saturated rings. The lowest BCUT2D eigenvalue weighted by molar-refractivity contribution is -0.124. The molecule has 152 valence electrons. The van der Waals surface area contributed by atoms with Gasteiger partial charge in [-0.05, 0) is 67.5 Å². The second-order valence-corrected chi connectivity index (χ2v) is 7.17. The Hall–Kier alpha value is -3.35. The Balaban J connectivity index is 1.53. The number of rotatable bonds is 6. The summed E-state index contributed by atoms with van der Waals surface area (Å²) in [6.45, 7) is 1.52. The Labute approximate surface area is 169 Å². The van der Waals surface area contributed by atoms with Crippen LogP contribution in [0.2, 0.25) is 0 Å². The Morgan fingerprint density at radius 1 is 1.07 bits per heavy atom. The summed E-state index contributed by atoms with van der Waals surface area (Å²) < 4.78 is 5.08. The number of hydrogen-bond donors (Lipinski definition) is 3. The van der Waals surface area contributed by atoms with E-state index in [0.29, 0.717) is 5.69 Å². The molecular weight excluding hydrogens is 370 g/mol. The van der Waals surface area contributed by atoms with E-state index in [0.717, 1.165) is 18.4 Å². The predicted molar refractivity (Wildman–Crippen MR) is 110 cm³/mol. The average molecular weight is 395 g/mol. The van der Waals surface area contributed by atoms with E-state index in [-0.39, 0.29) is 24.1 Å². The van der Waals surface area contributed by atoms with Crippen LogP contribution in [0.5, 0.6) is 0 Å². The van der Waals surface area contributed by atoms with Crippen LogP contribution >= 0.6 is 0 Å². The molecule has 0 aromatic heterocycles. The van der Waals surface area contributed by atoms with Gasteiger partial charge in [-0.2, -0.15) is 0 Å². The van der Waals surface area contributed by atoms with Gasteiger partial charge in [-0.1, -0.05) is 24.3 Å². The molecule has 0 saturated heterocycles. The normalized spacial score (nSPS) is 13.7. The van der Waals surface area contributed by atoms with Gasteiger partial charge in [0, 0.05) is 5.69 Å². The highest BCUT2D eigenvalue weighted by Gasteiger charge is 2.16. The van der Waals surface area contributed by atoms with Crippen molar-refractivity contribution in [2.24, 2.45) is 5.73 Å². The van der Waals surface area contributed by atoms with Crippen LogP contribution in [-0.4, -0.2) is 24.5 Å². The molecule has 1 aliphatic rings. The summed E-state index contributed by atoms with van der Waals surface area (Å²) in [5.41, 5.74) is 9.43. The first-order valence-corrected chi connectivity index (χ1v) is 9.67. The lowest BCUT2D eigenvalue weighted by atomic mass is 9.89. The van der Waals surface area contributed by atoms with E-state index in [1.54, 1.807) is 12.1 Å². The summed E-state index contributed by atoms with van der Waals surface area (Å²) in [4.78, 5) is 35.3. The molecule has 3 amide bonds. The van der Waals surface area contributed by atoms with Crippen molar-refractivity contribution in [3.05, 3.63) is 64.7 Å². The molecule has 1 atom stereocenters. The number of anilines is 1. The number of esters is 1. The number of aryl methyl sites for hydroxylation is 2. The lowest BCUT2D eigenvalue weighted by Crippen LogP contribution is -2.31. The van der Waals surface area contributed by atoms with Crippen LogP contribution in [0.3, 0.4) is 0 Å². The summed E-state index contributed by atoms with van der Waals surface area (Å²) in [6, 6.07) is 11.6. The number of nitrogens with two attached hydrogens (primary N) is 1. The fourth-order valence-corrected chi connectivity index (χ4v) is 3.47. The zero-order chi connectivity index (χ0) is 20.8. The SMILES string of the molecule is CC(NC(=O)COC(=O)c1cccc(NC(N)=O)c1)c1ccc2c(c1)CCCC2. The Bertz CT molecular complexity index is 926. The molecule has 0 aliphatic heterocycles. The Morgan fingerprint density at radius 2 is 1.83 bits per heavy atom. The van der Waals surface area contributed by atoms with Gasteiger partial charge in [0.25, 0.3) is 5.91 Å². The topological polar surface area (TPSA) is 111 Å². The maximum absolute atomic E-state index is 12.2. The van der Waals surface area contributed by atoms with Gasteiger partial charge >= 0.3 is 12.0 Å². The predicted octanol–water partition coefficient (Wildman–Crippen LogP) is 3.09. The first kappa shape index (κ1) is 20.4. The van der Waals surface area contributed by atoms with Gasteiger partial charge in [-0.3, -0.25) is 4.79 Å². The largest absolute Gasteiger partial charge is 0.452 e. The second kappa shape index (κ2) is 9.23. The molecule has 7 heteroatoms. The van der Waals surface area contributed by atoms with Crippen molar-refractivity contribution in [2.45, 2.75) is 38.6 Å². The highest BCUT2D eigenvalue weighted by Crippen LogP contribution is 2.24. The van der Waals surface area contributed by atoms with Crippen LogP contribution in [0.15, 0.2) is 42.5 Å². The minimum Gasteiger partial charge on any atom is -0.452 e. The summed E-state index contributed by atoms with van der Waals surface area (Å²) in [5.74, 6) is -1.04. The highest BCUT2D eigenvalue weighted by atomic mass is 16.5. The van der Waals surface area contributed by atoms with E-state index in [1.165, 1.54) is 36.1 Å². The third kappa shape index (κ3) is 5.57. The van der Waals surface area contributed by atoms with Gasteiger partial charge in [0.2, 0.25) is 0 Å². The molecule has 0 heterocycles. The molecule has 7 nitrogen and oxygen atoms in total.